The number of methoxy groups -OCH3 is 1. The molecule has 0 bridgehead atoms. The molecule has 0 saturated heterocycles. The number of benzene rings is 1. The van der Waals surface area contributed by atoms with Crippen LogP contribution in [-0.2, 0) is 6.54 Å². The molecule has 0 fully saturated rings. The van der Waals surface area contributed by atoms with Gasteiger partial charge in [0.1, 0.15) is 17.6 Å². The van der Waals surface area contributed by atoms with E-state index in [0.717, 1.165) is 36.0 Å². The predicted octanol–water partition coefficient (Wildman–Crippen LogP) is 2.21. The molecule has 1 aromatic heterocycles. The number of hydrogen-bond donors (Lipinski definition) is 1. The minimum absolute atomic E-state index is 0.170. The Morgan fingerprint density at radius 1 is 1.47 bits per heavy atom. The summed E-state index contributed by atoms with van der Waals surface area (Å²) in [7, 11) is 1.67. The van der Waals surface area contributed by atoms with Gasteiger partial charge in [0.2, 0.25) is 0 Å². The van der Waals surface area contributed by atoms with Gasteiger partial charge in [-0.3, -0.25) is 5.10 Å². The monoisotopic (exact) mass is 259 g/mol. The number of rotatable bonds is 3. The smallest absolute Gasteiger partial charge is 0.143 e. The number of nitrogens with zero attached hydrogens (tertiary/aromatic N) is 2. The molecule has 0 spiro atoms. The van der Waals surface area contributed by atoms with E-state index in [-0.39, 0.29) is 6.10 Å². The van der Waals surface area contributed by atoms with E-state index >= 15 is 0 Å². The van der Waals surface area contributed by atoms with Crippen molar-refractivity contribution in [3.05, 3.63) is 36.2 Å². The second-order valence-corrected chi connectivity index (χ2v) is 4.72. The highest BCUT2D eigenvalue weighted by atomic mass is 16.5. The summed E-state index contributed by atoms with van der Waals surface area (Å²) >= 11 is 0. The number of nitrogens with one attached hydrogen (secondary N) is 1. The summed E-state index contributed by atoms with van der Waals surface area (Å²) in [5.41, 5.74) is 2.15. The van der Waals surface area contributed by atoms with Crippen LogP contribution in [0.25, 0.3) is 0 Å². The van der Waals surface area contributed by atoms with Crippen LogP contribution in [0.2, 0.25) is 0 Å². The van der Waals surface area contributed by atoms with Crippen molar-refractivity contribution < 1.29 is 9.47 Å². The molecule has 1 N–H and O–H groups in total. The van der Waals surface area contributed by atoms with Gasteiger partial charge in [-0.05, 0) is 25.1 Å². The lowest BCUT2D eigenvalue weighted by molar-refractivity contribution is 0.211. The van der Waals surface area contributed by atoms with Gasteiger partial charge in [-0.2, -0.15) is 5.10 Å². The molecule has 0 saturated carbocycles. The maximum Gasteiger partial charge on any atom is 0.143 e. The van der Waals surface area contributed by atoms with Gasteiger partial charge in [-0.1, -0.05) is 0 Å². The summed E-state index contributed by atoms with van der Waals surface area (Å²) < 4.78 is 11.1. The van der Waals surface area contributed by atoms with Crippen molar-refractivity contribution in [2.24, 2.45) is 0 Å². The van der Waals surface area contributed by atoms with Crippen LogP contribution in [0.1, 0.15) is 12.6 Å². The van der Waals surface area contributed by atoms with Gasteiger partial charge in [-0.25, -0.2) is 0 Å². The highest BCUT2D eigenvalue weighted by molar-refractivity contribution is 5.63. The third-order valence-corrected chi connectivity index (χ3v) is 3.23. The van der Waals surface area contributed by atoms with Crippen LogP contribution in [-0.4, -0.2) is 30.0 Å². The lowest BCUT2D eigenvalue weighted by Gasteiger charge is -2.34. The van der Waals surface area contributed by atoms with Gasteiger partial charge in [0.15, 0.2) is 0 Å². The summed E-state index contributed by atoms with van der Waals surface area (Å²) in [6, 6.07) is 7.88. The molecule has 0 aliphatic carbocycles. The van der Waals surface area contributed by atoms with E-state index in [4.69, 9.17) is 9.47 Å². The van der Waals surface area contributed by atoms with Crippen molar-refractivity contribution in [3.63, 3.8) is 0 Å². The Morgan fingerprint density at radius 2 is 2.37 bits per heavy atom. The lowest BCUT2D eigenvalue weighted by atomic mass is 10.2. The Balaban J connectivity index is 1.93. The summed E-state index contributed by atoms with van der Waals surface area (Å²) in [6.07, 6.45) is 1.94. The average Bonchev–Trinajstić information content (AvgIpc) is 2.91. The first-order valence-electron chi connectivity index (χ1n) is 6.34. The molecule has 2 heterocycles. The minimum Gasteiger partial charge on any atom is -0.497 e. The molecular formula is C14H17N3O2. The molecule has 1 aliphatic heterocycles. The van der Waals surface area contributed by atoms with Gasteiger partial charge < -0.3 is 14.4 Å². The number of fused-ring (bicyclic) bond motifs is 1. The second-order valence-electron chi connectivity index (χ2n) is 4.72. The van der Waals surface area contributed by atoms with Crippen LogP contribution in [0.3, 0.4) is 0 Å². The molecule has 1 aliphatic rings. The highest BCUT2D eigenvalue weighted by Crippen LogP contribution is 2.37. The fourth-order valence-electron chi connectivity index (χ4n) is 2.36. The molecule has 0 radical (unpaired) electrons. The standard InChI is InChI=1S/C14H17N3O2/c1-10-8-17(9-11-5-6-15-16-11)13-7-12(18-2)3-4-14(13)19-10/h3-7,10H,8-9H2,1-2H3,(H,15,16)/t10-/m1/s1. The summed E-state index contributed by atoms with van der Waals surface area (Å²) in [5, 5.41) is 6.98. The molecule has 5 heteroatoms. The zero-order valence-corrected chi connectivity index (χ0v) is 11.1. The van der Waals surface area contributed by atoms with Crippen LogP contribution in [0.4, 0.5) is 5.69 Å². The largest absolute Gasteiger partial charge is 0.497 e. The third-order valence-electron chi connectivity index (χ3n) is 3.23. The molecular weight excluding hydrogens is 242 g/mol. The normalized spacial score (nSPS) is 17.8. The van der Waals surface area contributed by atoms with Crippen LogP contribution < -0.4 is 14.4 Å². The van der Waals surface area contributed by atoms with E-state index in [1.807, 2.05) is 24.3 Å². The molecule has 0 amide bonds. The molecule has 19 heavy (non-hydrogen) atoms. The average molecular weight is 259 g/mol. The van der Waals surface area contributed by atoms with Gasteiger partial charge in [0.05, 0.1) is 31.6 Å². The number of anilines is 1. The van der Waals surface area contributed by atoms with Crippen LogP contribution in [0.5, 0.6) is 11.5 Å². The number of hydrogen-bond acceptors (Lipinski definition) is 4. The highest BCUT2D eigenvalue weighted by Gasteiger charge is 2.23. The zero-order chi connectivity index (χ0) is 13.2. The fourth-order valence-corrected chi connectivity index (χ4v) is 2.36. The molecule has 1 atom stereocenters. The fraction of sp³-hybridized carbons (Fsp3) is 0.357. The lowest BCUT2D eigenvalue weighted by Crippen LogP contribution is -2.38. The molecule has 3 rings (SSSR count). The second kappa shape index (κ2) is 4.84. The minimum atomic E-state index is 0.170. The van der Waals surface area contributed by atoms with Crippen molar-refractivity contribution >= 4 is 5.69 Å². The Hall–Kier alpha value is -2.17. The topological polar surface area (TPSA) is 50.4 Å². The van der Waals surface area contributed by atoms with Crippen LogP contribution in [0.15, 0.2) is 30.5 Å². The molecule has 0 unspecified atom stereocenters. The van der Waals surface area contributed by atoms with E-state index in [2.05, 4.69) is 22.0 Å². The quantitative estimate of drug-likeness (QED) is 0.918. The van der Waals surface area contributed by atoms with Gasteiger partial charge in [-0.15, -0.1) is 0 Å². The number of ether oxygens (including phenoxy) is 2. The van der Waals surface area contributed by atoms with Crippen LogP contribution >= 0.6 is 0 Å². The number of aromatic nitrogens is 2. The molecule has 1 aromatic carbocycles. The van der Waals surface area contributed by atoms with E-state index < -0.39 is 0 Å². The SMILES string of the molecule is COc1ccc2c(c1)N(Cc1ccn[nH]1)C[C@@H](C)O2. The molecule has 100 valence electrons. The van der Waals surface area contributed by atoms with Crippen molar-refractivity contribution in [1.29, 1.82) is 0 Å². The van der Waals surface area contributed by atoms with Crippen molar-refractivity contribution in [2.75, 3.05) is 18.6 Å². The van der Waals surface area contributed by atoms with E-state index in [9.17, 15) is 0 Å². The predicted molar refractivity (Wildman–Crippen MR) is 72.7 cm³/mol. The van der Waals surface area contributed by atoms with Crippen LogP contribution in [0, 0.1) is 0 Å². The van der Waals surface area contributed by atoms with E-state index in [1.165, 1.54) is 0 Å². The first kappa shape index (κ1) is 11.9. The number of H-pyrrole nitrogens is 1. The first-order chi connectivity index (χ1) is 9.26. The summed E-state index contributed by atoms with van der Waals surface area (Å²) in [5.74, 6) is 1.74. The van der Waals surface area contributed by atoms with Crippen molar-refractivity contribution in [1.82, 2.24) is 10.2 Å². The van der Waals surface area contributed by atoms with Crippen molar-refractivity contribution in [3.8, 4) is 11.5 Å². The Morgan fingerprint density at radius 3 is 3.11 bits per heavy atom. The summed E-state index contributed by atoms with van der Waals surface area (Å²) in [6.45, 7) is 3.71. The van der Waals surface area contributed by atoms with Gasteiger partial charge in [0.25, 0.3) is 0 Å². The number of aromatic amines is 1. The Bertz CT molecular complexity index is 554. The van der Waals surface area contributed by atoms with Crippen molar-refractivity contribution in [2.45, 2.75) is 19.6 Å². The van der Waals surface area contributed by atoms with Gasteiger partial charge in [0, 0.05) is 12.3 Å². The Kier molecular flexibility index (Phi) is 3.03. The molecule has 2 aromatic rings. The maximum atomic E-state index is 5.86. The maximum absolute atomic E-state index is 5.86. The zero-order valence-electron chi connectivity index (χ0n) is 11.1. The van der Waals surface area contributed by atoms with E-state index in [0.29, 0.717) is 0 Å². The summed E-state index contributed by atoms with van der Waals surface area (Å²) in [4.78, 5) is 2.28. The third kappa shape index (κ3) is 2.36. The van der Waals surface area contributed by atoms with E-state index in [1.54, 1.807) is 13.3 Å². The first-order valence-corrected chi connectivity index (χ1v) is 6.34. The molecule has 5 nitrogen and oxygen atoms in total. The van der Waals surface area contributed by atoms with Gasteiger partial charge >= 0.3 is 0 Å². The Labute approximate surface area is 112 Å².